The van der Waals surface area contributed by atoms with Crippen molar-refractivity contribution >= 4 is 50.2 Å². The van der Waals surface area contributed by atoms with Crippen molar-refractivity contribution in [1.29, 1.82) is 0 Å². The number of rotatable bonds is 4. The third kappa shape index (κ3) is 3.76. The van der Waals surface area contributed by atoms with Gasteiger partial charge in [-0.1, -0.05) is 11.6 Å². The van der Waals surface area contributed by atoms with Gasteiger partial charge in [0.15, 0.2) is 4.21 Å². The quantitative estimate of drug-likeness (QED) is 0.877. The smallest absolute Gasteiger partial charge is 0.273 e. The Labute approximate surface area is 137 Å². The molecule has 0 saturated carbocycles. The lowest BCUT2D eigenvalue weighted by Gasteiger charge is -2.10. The minimum atomic E-state index is -3.75. The van der Waals surface area contributed by atoms with Crippen LogP contribution in [0.25, 0.3) is 0 Å². The Bertz CT molecular complexity index is 831. The number of aromatic nitrogens is 1. The molecule has 0 aliphatic carbocycles. The fraction of sp³-hybridized carbons (Fsp3) is 0.231. The summed E-state index contributed by atoms with van der Waals surface area (Å²) in [6, 6.07) is 4.54. The zero-order valence-corrected chi connectivity index (χ0v) is 14.5. The first kappa shape index (κ1) is 16.7. The number of sulfonamides is 1. The van der Waals surface area contributed by atoms with Crippen LogP contribution in [0.1, 0.15) is 17.6 Å². The molecule has 0 aliphatic heterocycles. The number of nitrogens with one attached hydrogen (secondary N) is 2. The molecule has 0 saturated heterocycles. The van der Waals surface area contributed by atoms with Gasteiger partial charge in [0.1, 0.15) is 0 Å². The van der Waals surface area contributed by atoms with Gasteiger partial charge < -0.3 is 5.32 Å². The van der Waals surface area contributed by atoms with Crippen LogP contribution in [0.15, 0.2) is 22.4 Å². The number of nitrogens with zero attached hydrogens (tertiary/aromatic N) is 1. The van der Waals surface area contributed by atoms with Crippen LogP contribution in [0.3, 0.4) is 0 Å². The Morgan fingerprint density at radius 2 is 2.00 bits per heavy atom. The second-order valence-electron chi connectivity index (χ2n) is 4.59. The van der Waals surface area contributed by atoms with Gasteiger partial charge >= 0.3 is 0 Å². The lowest BCUT2D eigenvalue weighted by atomic mass is 10.3. The minimum Gasteiger partial charge on any atom is -0.326 e. The van der Waals surface area contributed by atoms with Crippen molar-refractivity contribution in [2.45, 2.75) is 25.0 Å². The van der Waals surface area contributed by atoms with Crippen molar-refractivity contribution in [1.82, 2.24) is 4.98 Å². The van der Waals surface area contributed by atoms with Gasteiger partial charge in [-0.15, -0.1) is 11.3 Å². The molecule has 9 heteroatoms. The van der Waals surface area contributed by atoms with E-state index in [9.17, 15) is 13.2 Å². The largest absolute Gasteiger partial charge is 0.326 e. The number of hydrogen-bond acceptors (Lipinski definition) is 5. The van der Waals surface area contributed by atoms with Crippen molar-refractivity contribution in [3.05, 3.63) is 33.9 Å². The standard InChI is InChI=1S/C13H14ClN3O3S2/c1-7-13(21-9(3)15-7)22(19,20)17-12-5-4-10(6-11(12)14)16-8(2)18/h4-6,17H,1-3H3,(H,16,18). The van der Waals surface area contributed by atoms with Crippen LogP contribution >= 0.6 is 22.9 Å². The first-order valence-electron chi connectivity index (χ1n) is 6.23. The number of hydrogen-bond donors (Lipinski definition) is 2. The molecule has 1 amide bonds. The predicted molar refractivity (Wildman–Crippen MR) is 88.2 cm³/mol. The molecule has 0 unspecified atom stereocenters. The van der Waals surface area contributed by atoms with Gasteiger partial charge in [0.05, 0.1) is 21.4 Å². The highest BCUT2D eigenvalue weighted by Gasteiger charge is 2.22. The summed E-state index contributed by atoms with van der Waals surface area (Å²) < 4.78 is 27.4. The number of halogens is 1. The van der Waals surface area contributed by atoms with Gasteiger partial charge in [-0.25, -0.2) is 13.4 Å². The molecule has 0 aliphatic rings. The van der Waals surface area contributed by atoms with E-state index in [0.29, 0.717) is 16.4 Å². The van der Waals surface area contributed by atoms with E-state index in [1.165, 1.54) is 19.1 Å². The molecule has 2 N–H and O–H groups in total. The molecule has 0 bridgehead atoms. The summed E-state index contributed by atoms with van der Waals surface area (Å²) in [7, 11) is -3.75. The number of carbonyl (C=O) groups is 1. The third-order valence-corrected chi connectivity index (χ3v) is 6.00. The topological polar surface area (TPSA) is 88.2 Å². The lowest BCUT2D eigenvalue weighted by molar-refractivity contribution is -0.114. The molecule has 6 nitrogen and oxygen atoms in total. The van der Waals surface area contributed by atoms with E-state index in [0.717, 1.165) is 11.3 Å². The zero-order chi connectivity index (χ0) is 16.5. The Kier molecular flexibility index (Phi) is 4.74. The maximum Gasteiger partial charge on any atom is 0.273 e. The van der Waals surface area contributed by atoms with Crippen molar-refractivity contribution in [3.8, 4) is 0 Å². The number of carbonyl (C=O) groups excluding carboxylic acids is 1. The number of aryl methyl sites for hydroxylation is 2. The van der Waals surface area contributed by atoms with E-state index < -0.39 is 10.0 Å². The third-order valence-electron chi connectivity index (χ3n) is 2.64. The van der Waals surface area contributed by atoms with Gasteiger partial charge in [-0.2, -0.15) is 0 Å². The van der Waals surface area contributed by atoms with Crippen LogP contribution in [-0.4, -0.2) is 19.3 Å². The van der Waals surface area contributed by atoms with E-state index in [1.807, 2.05) is 0 Å². The van der Waals surface area contributed by atoms with E-state index in [-0.39, 0.29) is 20.8 Å². The normalized spacial score (nSPS) is 11.3. The number of thiazole rings is 1. The van der Waals surface area contributed by atoms with Gasteiger partial charge in [0.25, 0.3) is 10.0 Å². The second kappa shape index (κ2) is 6.23. The van der Waals surface area contributed by atoms with Gasteiger partial charge in [0, 0.05) is 12.6 Å². The fourth-order valence-electron chi connectivity index (χ4n) is 1.83. The summed E-state index contributed by atoms with van der Waals surface area (Å²) >= 11 is 7.16. The molecule has 1 aromatic heterocycles. The SMILES string of the molecule is CC(=O)Nc1ccc(NS(=O)(=O)c2sc(C)nc2C)c(Cl)c1. The minimum absolute atomic E-state index is 0.159. The van der Waals surface area contributed by atoms with Crippen LogP contribution in [0.5, 0.6) is 0 Å². The van der Waals surface area contributed by atoms with Gasteiger partial charge in [-0.3, -0.25) is 9.52 Å². The average Bonchev–Trinajstić information content (AvgIpc) is 2.72. The Morgan fingerprint density at radius 3 is 2.50 bits per heavy atom. The fourth-order valence-corrected chi connectivity index (χ4v) is 4.68. The van der Waals surface area contributed by atoms with Crippen LogP contribution in [0.4, 0.5) is 11.4 Å². The molecule has 1 heterocycles. The van der Waals surface area contributed by atoms with Crippen molar-refractivity contribution < 1.29 is 13.2 Å². The van der Waals surface area contributed by atoms with E-state index in [1.54, 1.807) is 19.9 Å². The van der Waals surface area contributed by atoms with Gasteiger partial charge in [0.2, 0.25) is 5.91 Å². The van der Waals surface area contributed by atoms with E-state index in [2.05, 4.69) is 15.0 Å². The summed E-state index contributed by atoms with van der Waals surface area (Å²) in [6.07, 6.45) is 0. The van der Waals surface area contributed by atoms with E-state index in [4.69, 9.17) is 11.6 Å². The first-order chi connectivity index (χ1) is 10.2. The molecule has 0 fully saturated rings. The summed E-state index contributed by atoms with van der Waals surface area (Å²) in [5, 5.41) is 3.43. The maximum absolute atomic E-state index is 12.4. The zero-order valence-electron chi connectivity index (χ0n) is 12.1. The molecule has 22 heavy (non-hydrogen) atoms. The molecule has 1 aromatic carbocycles. The van der Waals surface area contributed by atoms with Crippen LogP contribution in [0, 0.1) is 13.8 Å². The number of amides is 1. The lowest BCUT2D eigenvalue weighted by Crippen LogP contribution is -2.13. The van der Waals surface area contributed by atoms with Crippen molar-refractivity contribution in [2.24, 2.45) is 0 Å². The first-order valence-corrected chi connectivity index (χ1v) is 8.91. The molecule has 118 valence electrons. The maximum atomic E-state index is 12.4. The Morgan fingerprint density at radius 1 is 1.32 bits per heavy atom. The average molecular weight is 360 g/mol. The molecule has 0 atom stereocenters. The Hall–Kier alpha value is -1.64. The summed E-state index contributed by atoms with van der Waals surface area (Å²) in [5.74, 6) is -0.236. The van der Waals surface area contributed by atoms with Crippen molar-refractivity contribution in [3.63, 3.8) is 0 Å². The molecule has 2 rings (SSSR count). The molecule has 0 spiro atoms. The van der Waals surface area contributed by atoms with Crippen LogP contribution in [-0.2, 0) is 14.8 Å². The molecule has 0 radical (unpaired) electrons. The molecular formula is C13H14ClN3O3S2. The monoisotopic (exact) mass is 359 g/mol. The van der Waals surface area contributed by atoms with E-state index >= 15 is 0 Å². The highest BCUT2D eigenvalue weighted by Crippen LogP contribution is 2.30. The Balaban J connectivity index is 2.30. The van der Waals surface area contributed by atoms with Crippen molar-refractivity contribution in [2.75, 3.05) is 10.0 Å². The molecule has 2 aromatic rings. The number of anilines is 2. The summed E-state index contributed by atoms with van der Waals surface area (Å²) in [4.78, 5) is 15.1. The highest BCUT2D eigenvalue weighted by molar-refractivity contribution is 7.94. The predicted octanol–water partition coefficient (Wildman–Crippen LogP) is 3.17. The summed E-state index contributed by atoms with van der Waals surface area (Å²) in [6.45, 7) is 4.75. The number of benzene rings is 1. The van der Waals surface area contributed by atoms with Crippen LogP contribution in [0.2, 0.25) is 5.02 Å². The summed E-state index contributed by atoms with van der Waals surface area (Å²) in [5.41, 5.74) is 1.17. The van der Waals surface area contributed by atoms with Gasteiger partial charge in [-0.05, 0) is 32.0 Å². The second-order valence-corrected chi connectivity index (χ2v) is 8.08. The van der Waals surface area contributed by atoms with Crippen LogP contribution < -0.4 is 10.0 Å². The molecular weight excluding hydrogens is 346 g/mol. The highest BCUT2D eigenvalue weighted by atomic mass is 35.5.